The highest BCUT2D eigenvalue weighted by atomic mass is 19.2. The van der Waals surface area contributed by atoms with E-state index in [0.717, 1.165) is 37.3 Å². The van der Waals surface area contributed by atoms with Crippen molar-refractivity contribution in [2.45, 2.75) is 72.6 Å². The molecule has 0 saturated carbocycles. The molecule has 0 aliphatic heterocycles. The molecule has 1 N–H and O–H groups in total. The van der Waals surface area contributed by atoms with Crippen LogP contribution in [-0.2, 0) is 0 Å². The van der Waals surface area contributed by atoms with E-state index < -0.39 is 11.6 Å². The van der Waals surface area contributed by atoms with E-state index in [1.807, 2.05) is 0 Å². The number of rotatable bonds is 12. The molecule has 1 nitrogen and oxygen atoms in total. The highest BCUT2D eigenvalue weighted by molar-refractivity contribution is 5.31. The zero-order valence-corrected chi connectivity index (χ0v) is 16.0. The van der Waals surface area contributed by atoms with Crippen LogP contribution in [0.2, 0.25) is 0 Å². The summed E-state index contributed by atoms with van der Waals surface area (Å²) in [6.45, 7) is 10.6. The molecule has 0 aliphatic rings. The Bertz CT molecular complexity index is 461. The third kappa shape index (κ3) is 6.88. The Morgan fingerprint density at radius 2 is 1.75 bits per heavy atom. The van der Waals surface area contributed by atoms with Gasteiger partial charge in [-0.2, -0.15) is 4.39 Å². The molecule has 0 bridgehead atoms. The van der Waals surface area contributed by atoms with Gasteiger partial charge in [-0.05, 0) is 24.8 Å². The molecule has 24 heavy (non-hydrogen) atoms. The third-order valence-electron chi connectivity index (χ3n) is 5.11. The molecule has 1 aromatic rings. The number of unbranched alkanes of at least 4 members (excludes halogenated alkanes) is 1. The van der Waals surface area contributed by atoms with Crippen molar-refractivity contribution in [3.63, 3.8) is 0 Å². The second-order valence-electron chi connectivity index (χ2n) is 7.26. The van der Waals surface area contributed by atoms with Crippen LogP contribution in [0.3, 0.4) is 0 Å². The molecule has 1 aromatic carbocycles. The van der Waals surface area contributed by atoms with Crippen molar-refractivity contribution < 1.29 is 13.7 Å². The first-order valence-electron chi connectivity index (χ1n) is 9.82. The van der Waals surface area contributed by atoms with E-state index in [4.69, 9.17) is 0 Å². The summed E-state index contributed by atoms with van der Waals surface area (Å²) in [5.41, 5.74) is 0.503. The molecule has 0 aliphatic carbocycles. The normalized spacial score (nSPS) is 15.2. The SMILES string of the molecule is CCCCC(CC)CC[NH+](CC(C)CCC)c1cccc(F)c1F. The van der Waals surface area contributed by atoms with Gasteiger partial charge in [0.2, 0.25) is 5.82 Å². The third-order valence-corrected chi connectivity index (χ3v) is 5.11. The lowest BCUT2D eigenvalue weighted by molar-refractivity contribution is -0.838. The van der Waals surface area contributed by atoms with Gasteiger partial charge in [0, 0.05) is 12.0 Å². The van der Waals surface area contributed by atoms with E-state index >= 15 is 0 Å². The van der Waals surface area contributed by atoms with Crippen LogP contribution >= 0.6 is 0 Å². The first-order valence-corrected chi connectivity index (χ1v) is 9.82. The van der Waals surface area contributed by atoms with E-state index in [-0.39, 0.29) is 0 Å². The topological polar surface area (TPSA) is 4.44 Å². The summed E-state index contributed by atoms with van der Waals surface area (Å²) < 4.78 is 28.0. The van der Waals surface area contributed by atoms with Gasteiger partial charge < -0.3 is 0 Å². The van der Waals surface area contributed by atoms with Crippen LogP contribution in [-0.4, -0.2) is 13.1 Å². The molecule has 0 amide bonds. The average Bonchev–Trinajstić information content (AvgIpc) is 2.56. The molecule has 3 heteroatoms. The zero-order chi connectivity index (χ0) is 17.9. The predicted octanol–water partition coefficient (Wildman–Crippen LogP) is 5.52. The summed E-state index contributed by atoms with van der Waals surface area (Å²) in [4.78, 5) is 1.10. The van der Waals surface area contributed by atoms with E-state index in [0.29, 0.717) is 17.5 Å². The Hall–Kier alpha value is -0.960. The van der Waals surface area contributed by atoms with E-state index in [9.17, 15) is 8.78 Å². The first kappa shape index (κ1) is 21.1. The number of hydrogen-bond donors (Lipinski definition) is 1. The minimum absolute atomic E-state index is 0.503. The monoisotopic (exact) mass is 340 g/mol. The summed E-state index contributed by atoms with van der Waals surface area (Å²) in [5.74, 6) is -0.189. The van der Waals surface area contributed by atoms with Crippen LogP contribution in [0.5, 0.6) is 0 Å². The summed E-state index contributed by atoms with van der Waals surface area (Å²) in [5, 5.41) is 0. The molecular formula is C21H36F2N+. The quantitative estimate of drug-likeness (QED) is 0.511. The predicted molar refractivity (Wildman–Crippen MR) is 98.7 cm³/mol. The van der Waals surface area contributed by atoms with Gasteiger partial charge in [0.05, 0.1) is 13.1 Å². The van der Waals surface area contributed by atoms with Crippen molar-refractivity contribution in [1.29, 1.82) is 0 Å². The summed E-state index contributed by atoms with van der Waals surface area (Å²) >= 11 is 0. The lowest BCUT2D eigenvalue weighted by Crippen LogP contribution is -3.08. The van der Waals surface area contributed by atoms with Crippen molar-refractivity contribution in [3.05, 3.63) is 29.8 Å². The fourth-order valence-electron chi connectivity index (χ4n) is 3.56. The molecule has 3 atom stereocenters. The van der Waals surface area contributed by atoms with Crippen molar-refractivity contribution in [1.82, 2.24) is 0 Å². The van der Waals surface area contributed by atoms with Crippen molar-refractivity contribution >= 4 is 5.69 Å². The molecule has 1 rings (SSSR count). The molecule has 0 heterocycles. The van der Waals surface area contributed by atoms with Crippen LogP contribution in [0.15, 0.2) is 18.2 Å². The Morgan fingerprint density at radius 1 is 1.00 bits per heavy atom. The van der Waals surface area contributed by atoms with Crippen molar-refractivity contribution in [3.8, 4) is 0 Å². The number of nitrogens with one attached hydrogen (secondary N) is 1. The maximum Gasteiger partial charge on any atom is 0.219 e. The highest BCUT2D eigenvalue weighted by Crippen LogP contribution is 2.17. The summed E-state index contributed by atoms with van der Waals surface area (Å²) in [6.07, 6.45) is 8.25. The van der Waals surface area contributed by atoms with Gasteiger partial charge in [0.25, 0.3) is 0 Å². The minimum Gasteiger partial charge on any atom is -0.300 e. The van der Waals surface area contributed by atoms with Crippen molar-refractivity contribution in [2.75, 3.05) is 13.1 Å². The Kier molecular flexibility index (Phi) is 10.2. The highest BCUT2D eigenvalue weighted by Gasteiger charge is 2.23. The molecule has 0 fully saturated rings. The molecule has 0 aromatic heterocycles. The van der Waals surface area contributed by atoms with Crippen LogP contribution in [0.4, 0.5) is 14.5 Å². The lowest BCUT2D eigenvalue weighted by atomic mass is 9.95. The van der Waals surface area contributed by atoms with Crippen LogP contribution in [0, 0.1) is 23.5 Å². The second kappa shape index (κ2) is 11.6. The number of hydrogen-bond acceptors (Lipinski definition) is 0. The molecule has 0 saturated heterocycles. The van der Waals surface area contributed by atoms with Crippen LogP contribution in [0.25, 0.3) is 0 Å². The van der Waals surface area contributed by atoms with E-state index in [2.05, 4.69) is 27.7 Å². The number of halogens is 2. The second-order valence-corrected chi connectivity index (χ2v) is 7.26. The van der Waals surface area contributed by atoms with Crippen LogP contribution in [0.1, 0.15) is 72.6 Å². The van der Waals surface area contributed by atoms with Gasteiger partial charge >= 0.3 is 0 Å². The largest absolute Gasteiger partial charge is 0.300 e. The average molecular weight is 341 g/mol. The molecule has 0 spiro atoms. The van der Waals surface area contributed by atoms with Gasteiger partial charge in [-0.15, -0.1) is 0 Å². The smallest absolute Gasteiger partial charge is 0.219 e. The zero-order valence-electron chi connectivity index (χ0n) is 16.0. The maximum atomic E-state index is 14.3. The van der Waals surface area contributed by atoms with Gasteiger partial charge in [0.1, 0.15) is 0 Å². The first-order chi connectivity index (χ1) is 11.5. The van der Waals surface area contributed by atoms with Gasteiger partial charge in [-0.1, -0.05) is 65.9 Å². The minimum atomic E-state index is -0.730. The van der Waals surface area contributed by atoms with E-state index in [1.54, 1.807) is 12.1 Å². The fourth-order valence-corrected chi connectivity index (χ4v) is 3.56. The van der Waals surface area contributed by atoms with Gasteiger partial charge in [0.15, 0.2) is 11.5 Å². The molecular weight excluding hydrogens is 304 g/mol. The molecule has 0 radical (unpaired) electrons. The Morgan fingerprint density at radius 3 is 2.38 bits per heavy atom. The van der Waals surface area contributed by atoms with E-state index in [1.165, 1.54) is 31.7 Å². The lowest BCUT2D eigenvalue weighted by Gasteiger charge is -2.25. The Labute approximate surface area is 147 Å². The van der Waals surface area contributed by atoms with Gasteiger partial charge in [-0.25, -0.2) is 4.39 Å². The maximum absolute atomic E-state index is 14.3. The number of benzene rings is 1. The van der Waals surface area contributed by atoms with Crippen molar-refractivity contribution in [2.24, 2.45) is 11.8 Å². The van der Waals surface area contributed by atoms with Gasteiger partial charge in [-0.3, -0.25) is 4.90 Å². The summed E-state index contributed by atoms with van der Waals surface area (Å²) in [6, 6.07) is 4.59. The van der Waals surface area contributed by atoms with Crippen LogP contribution < -0.4 is 4.90 Å². The Balaban J connectivity index is 2.83. The summed E-state index contributed by atoms with van der Waals surface area (Å²) in [7, 11) is 0. The standard InChI is InChI=1S/C21H35F2N/c1-5-8-11-18(7-3)14-15-24(16-17(4)10-6-2)20-13-9-12-19(22)21(20)23/h9,12-13,17-18H,5-8,10-11,14-16H2,1-4H3/p+1. The number of quaternary nitrogens is 1. The molecule has 138 valence electrons. The fraction of sp³-hybridized carbons (Fsp3) is 0.714. The molecule has 3 unspecified atom stereocenters.